The van der Waals surface area contributed by atoms with Gasteiger partial charge in [-0.1, -0.05) is 6.07 Å². The van der Waals surface area contributed by atoms with Crippen molar-refractivity contribution in [2.45, 2.75) is 59.0 Å². The van der Waals surface area contributed by atoms with Gasteiger partial charge in [0.1, 0.15) is 11.2 Å². The van der Waals surface area contributed by atoms with Crippen LogP contribution in [0, 0.1) is 13.8 Å². The van der Waals surface area contributed by atoms with E-state index in [0.29, 0.717) is 36.2 Å². The van der Waals surface area contributed by atoms with Crippen LogP contribution in [-0.2, 0) is 22.6 Å². The topological polar surface area (TPSA) is 109 Å². The molecule has 0 saturated carbocycles. The van der Waals surface area contributed by atoms with Crippen LogP contribution in [0.25, 0.3) is 0 Å². The van der Waals surface area contributed by atoms with Crippen molar-refractivity contribution < 1.29 is 28.0 Å². The van der Waals surface area contributed by atoms with Crippen LogP contribution in [0.2, 0.25) is 0 Å². The highest BCUT2D eigenvalue weighted by Crippen LogP contribution is 2.31. The highest BCUT2D eigenvalue weighted by Gasteiger charge is 2.36. The van der Waals surface area contributed by atoms with Crippen molar-refractivity contribution in [2.24, 2.45) is 0 Å². The summed E-state index contributed by atoms with van der Waals surface area (Å²) in [6.07, 6.45) is -1.50. The van der Waals surface area contributed by atoms with E-state index in [1.165, 1.54) is 39.1 Å². The molecule has 10 heteroatoms. The van der Waals surface area contributed by atoms with Crippen LogP contribution in [0.1, 0.15) is 69.9 Å². The van der Waals surface area contributed by atoms with E-state index >= 15 is 0 Å². The Balaban J connectivity index is 1.93. The minimum atomic E-state index is -2.68. The summed E-state index contributed by atoms with van der Waals surface area (Å²) in [4.78, 5) is 50.9. The first-order valence-corrected chi connectivity index (χ1v) is 10.9. The molecule has 34 heavy (non-hydrogen) atoms. The van der Waals surface area contributed by atoms with Crippen molar-refractivity contribution in [1.29, 1.82) is 0 Å². The molecule has 0 radical (unpaired) electrons. The summed E-state index contributed by atoms with van der Waals surface area (Å²) in [5.74, 6) is -2.82. The molecule has 3 amide bonds. The molecule has 0 saturated heterocycles. The first-order valence-electron chi connectivity index (χ1n) is 10.9. The number of carbonyl (C=O) groups excluding carboxylic acids is 4. The molecule has 3 rings (SSSR count). The van der Waals surface area contributed by atoms with Gasteiger partial charge in [0.15, 0.2) is 0 Å². The Hall–Kier alpha value is -3.56. The van der Waals surface area contributed by atoms with Gasteiger partial charge in [0, 0.05) is 30.5 Å². The van der Waals surface area contributed by atoms with E-state index in [4.69, 9.17) is 0 Å². The molecule has 0 fully saturated rings. The van der Waals surface area contributed by atoms with E-state index in [-0.39, 0.29) is 22.5 Å². The molecule has 0 spiro atoms. The third-order valence-corrected chi connectivity index (χ3v) is 6.05. The lowest BCUT2D eigenvalue weighted by Crippen LogP contribution is -2.55. The number of aromatic nitrogens is 1. The van der Waals surface area contributed by atoms with Crippen molar-refractivity contribution in [3.05, 3.63) is 51.8 Å². The normalized spacial score (nSPS) is 12.9. The molecular formula is C24H28F2N4O4. The fourth-order valence-corrected chi connectivity index (χ4v) is 4.28. The highest BCUT2D eigenvalue weighted by molar-refractivity contribution is 6.44. The lowest BCUT2D eigenvalue weighted by Gasteiger charge is -2.23. The molecule has 182 valence electrons. The van der Waals surface area contributed by atoms with Crippen molar-refractivity contribution in [2.75, 3.05) is 12.4 Å². The highest BCUT2D eigenvalue weighted by atomic mass is 19.3. The van der Waals surface area contributed by atoms with Crippen LogP contribution in [0.15, 0.2) is 18.2 Å². The number of alkyl halides is 2. The largest absolute Gasteiger partial charge is 0.357 e. The summed E-state index contributed by atoms with van der Waals surface area (Å²) < 4.78 is 28.2. The number of nitrogens with one attached hydrogen (secondary N) is 3. The Morgan fingerprint density at radius 1 is 1.12 bits per heavy atom. The van der Waals surface area contributed by atoms with E-state index in [2.05, 4.69) is 16.0 Å². The van der Waals surface area contributed by atoms with Crippen LogP contribution >= 0.6 is 0 Å². The third-order valence-electron chi connectivity index (χ3n) is 6.05. The lowest BCUT2D eigenvalue weighted by atomic mass is 10.00. The van der Waals surface area contributed by atoms with E-state index < -0.39 is 35.5 Å². The zero-order valence-corrected chi connectivity index (χ0v) is 19.8. The monoisotopic (exact) mass is 474 g/mol. The van der Waals surface area contributed by atoms with Gasteiger partial charge in [-0.05, 0) is 63.8 Å². The Morgan fingerprint density at radius 2 is 1.79 bits per heavy atom. The number of halogens is 2. The van der Waals surface area contributed by atoms with Crippen LogP contribution in [0.3, 0.4) is 0 Å². The lowest BCUT2D eigenvalue weighted by molar-refractivity contribution is -0.130. The maximum absolute atomic E-state index is 13.3. The van der Waals surface area contributed by atoms with Crippen molar-refractivity contribution in [1.82, 2.24) is 15.2 Å². The number of amides is 3. The van der Waals surface area contributed by atoms with Gasteiger partial charge in [-0.25, -0.2) is 8.78 Å². The molecule has 1 aromatic carbocycles. The summed E-state index contributed by atoms with van der Waals surface area (Å²) in [6.45, 7) is 6.56. The minimum absolute atomic E-state index is 0.130. The number of rotatable bonds is 7. The van der Waals surface area contributed by atoms with Gasteiger partial charge < -0.3 is 20.5 Å². The number of ketones is 1. The van der Waals surface area contributed by atoms with Gasteiger partial charge in [0.2, 0.25) is 5.91 Å². The first-order chi connectivity index (χ1) is 15.9. The minimum Gasteiger partial charge on any atom is -0.357 e. The van der Waals surface area contributed by atoms with Crippen LogP contribution in [0.4, 0.5) is 14.5 Å². The zero-order valence-electron chi connectivity index (χ0n) is 19.8. The zero-order chi connectivity index (χ0) is 25.4. The van der Waals surface area contributed by atoms with Gasteiger partial charge in [0.05, 0.1) is 5.56 Å². The smallest absolute Gasteiger partial charge is 0.293 e. The predicted molar refractivity (Wildman–Crippen MR) is 122 cm³/mol. The van der Waals surface area contributed by atoms with Gasteiger partial charge >= 0.3 is 0 Å². The molecule has 1 aliphatic rings. The fourth-order valence-electron chi connectivity index (χ4n) is 4.28. The van der Waals surface area contributed by atoms with E-state index in [0.717, 1.165) is 0 Å². The number of fused-ring (bicyclic) bond motifs is 1. The second kappa shape index (κ2) is 9.36. The number of anilines is 1. The number of benzene rings is 1. The van der Waals surface area contributed by atoms with Crippen molar-refractivity contribution >= 4 is 29.2 Å². The van der Waals surface area contributed by atoms with E-state index in [1.54, 1.807) is 18.4 Å². The molecule has 0 bridgehead atoms. The second-order valence-corrected chi connectivity index (χ2v) is 8.86. The van der Waals surface area contributed by atoms with Crippen molar-refractivity contribution in [3.63, 3.8) is 0 Å². The molecule has 1 aromatic heterocycles. The predicted octanol–water partition coefficient (Wildman–Crippen LogP) is 3.06. The number of aryl methyl sites for hydroxylation is 1. The molecule has 0 unspecified atom stereocenters. The van der Waals surface area contributed by atoms with Crippen LogP contribution in [-0.4, -0.2) is 40.7 Å². The van der Waals surface area contributed by atoms with E-state index in [1.807, 2.05) is 0 Å². The molecule has 0 atom stereocenters. The SMILES string of the molecule is CNC(=O)C(C)(C)NC(=O)C(=O)c1c(C)c(C(=O)Nc2ccc(C)c(C(F)F)c2)n2c1CCC2. The molecule has 2 heterocycles. The number of nitrogens with zero attached hydrogens (tertiary/aromatic N) is 1. The molecule has 1 aliphatic heterocycles. The maximum Gasteiger partial charge on any atom is 0.293 e. The van der Waals surface area contributed by atoms with Crippen LogP contribution < -0.4 is 16.0 Å². The number of carbonyl (C=O) groups is 4. The van der Waals surface area contributed by atoms with Crippen molar-refractivity contribution in [3.8, 4) is 0 Å². The standard InChI is InChI=1S/C24H28F2N4O4/c1-12-8-9-14(11-15(12)20(25)26)28-21(32)18-13(2)17(16-7-6-10-30(16)18)19(31)22(33)29-24(3,4)23(34)27-5/h8-9,11,20H,6-7,10H2,1-5H3,(H,27,34)(H,28,32)(H,29,33). The number of likely N-dealkylation sites (N-methyl/N-ethyl adjacent to an activating group) is 1. The van der Waals surface area contributed by atoms with Gasteiger partial charge in [-0.2, -0.15) is 0 Å². The Labute approximate surface area is 196 Å². The first kappa shape index (κ1) is 25.1. The van der Waals surface area contributed by atoms with Gasteiger partial charge in [-0.3, -0.25) is 19.2 Å². The van der Waals surface area contributed by atoms with E-state index in [9.17, 15) is 28.0 Å². The molecule has 8 nitrogen and oxygen atoms in total. The Bertz CT molecular complexity index is 1180. The molecule has 2 aromatic rings. The number of hydrogen-bond donors (Lipinski definition) is 3. The maximum atomic E-state index is 13.3. The summed E-state index contributed by atoms with van der Waals surface area (Å²) in [5.41, 5.74) is 0.346. The summed E-state index contributed by atoms with van der Waals surface area (Å²) in [7, 11) is 1.42. The third kappa shape index (κ3) is 4.57. The number of hydrogen-bond acceptors (Lipinski definition) is 4. The summed E-state index contributed by atoms with van der Waals surface area (Å²) in [5, 5.41) is 7.51. The summed E-state index contributed by atoms with van der Waals surface area (Å²) in [6, 6.07) is 4.25. The average molecular weight is 475 g/mol. The fraction of sp³-hybridized carbons (Fsp3) is 0.417. The number of Topliss-reactive ketones (excluding diaryl/α,β-unsaturated/α-hetero) is 1. The quantitative estimate of drug-likeness (QED) is 0.423. The summed E-state index contributed by atoms with van der Waals surface area (Å²) >= 11 is 0. The van der Waals surface area contributed by atoms with Gasteiger partial charge in [-0.15, -0.1) is 0 Å². The molecule has 0 aliphatic carbocycles. The molecule has 3 N–H and O–H groups in total. The second-order valence-electron chi connectivity index (χ2n) is 8.86. The molecular weight excluding hydrogens is 446 g/mol. The van der Waals surface area contributed by atoms with Gasteiger partial charge in [0.25, 0.3) is 24.0 Å². The Kier molecular flexibility index (Phi) is 6.90. The Morgan fingerprint density at radius 3 is 2.41 bits per heavy atom. The van der Waals surface area contributed by atoms with Crippen LogP contribution in [0.5, 0.6) is 0 Å². The average Bonchev–Trinajstić information content (AvgIpc) is 3.32.